The van der Waals surface area contributed by atoms with Gasteiger partial charge in [-0.1, -0.05) is 17.7 Å². The number of thiocarbonyl (C=S) groups is 1. The second kappa shape index (κ2) is 11.1. The number of aryl methyl sites for hydroxylation is 2. The molecule has 196 valence electrons. The summed E-state index contributed by atoms with van der Waals surface area (Å²) in [4.78, 5) is 11.4. The number of methoxy groups -OCH3 is 1. The van der Waals surface area contributed by atoms with Crippen LogP contribution in [0.1, 0.15) is 40.3 Å². The molecule has 0 amide bonds. The Labute approximate surface area is 233 Å². The maximum atomic E-state index is 6.66. The van der Waals surface area contributed by atoms with Gasteiger partial charge in [-0.2, -0.15) is 0 Å². The lowest BCUT2D eigenvalue weighted by Gasteiger charge is -2.28. The maximum absolute atomic E-state index is 6.66. The number of aromatic nitrogens is 3. The molecule has 4 aromatic rings. The smallest absolute Gasteiger partial charge is 0.174 e. The van der Waals surface area contributed by atoms with Crippen molar-refractivity contribution in [2.75, 3.05) is 25.2 Å². The summed E-state index contributed by atoms with van der Waals surface area (Å²) in [5.74, 6) is 1.49. The van der Waals surface area contributed by atoms with Crippen molar-refractivity contribution in [1.82, 2.24) is 19.9 Å². The molecule has 1 N–H and O–H groups in total. The van der Waals surface area contributed by atoms with E-state index in [4.69, 9.17) is 33.3 Å². The molecule has 0 spiro atoms. The number of ether oxygens (including phenoxy) is 2. The van der Waals surface area contributed by atoms with Gasteiger partial charge in [0.2, 0.25) is 0 Å². The Balaban J connectivity index is 1.61. The second-order valence-electron chi connectivity index (χ2n) is 9.31. The van der Waals surface area contributed by atoms with Gasteiger partial charge in [0, 0.05) is 36.6 Å². The van der Waals surface area contributed by atoms with Gasteiger partial charge in [-0.15, -0.1) is 0 Å². The lowest BCUT2D eigenvalue weighted by molar-refractivity contribution is 0.146. The van der Waals surface area contributed by atoms with Crippen LogP contribution >= 0.6 is 23.8 Å². The van der Waals surface area contributed by atoms with Crippen LogP contribution in [0.5, 0.6) is 5.75 Å². The third kappa shape index (κ3) is 4.99. The van der Waals surface area contributed by atoms with Gasteiger partial charge in [-0.05, 0) is 92.6 Å². The molecule has 2 atom stereocenters. The van der Waals surface area contributed by atoms with Gasteiger partial charge in [0.25, 0.3) is 0 Å². The molecule has 0 radical (unpaired) electrons. The third-order valence-electron chi connectivity index (χ3n) is 6.76. The van der Waals surface area contributed by atoms with Crippen molar-refractivity contribution in [3.8, 4) is 11.6 Å². The normalized spacial score (nSPS) is 17.1. The number of anilines is 1. The molecule has 4 heterocycles. The zero-order chi connectivity index (χ0) is 26.8. The molecule has 3 aromatic heterocycles. The van der Waals surface area contributed by atoms with E-state index < -0.39 is 0 Å². The van der Waals surface area contributed by atoms with Gasteiger partial charge in [-0.3, -0.25) is 4.98 Å². The van der Waals surface area contributed by atoms with Crippen LogP contribution < -0.4 is 15.0 Å². The van der Waals surface area contributed by atoms with E-state index in [1.54, 1.807) is 7.11 Å². The van der Waals surface area contributed by atoms with Crippen LogP contribution in [0.15, 0.2) is 67.0 Å². The van der Waals surface area contributed by atoms with Crippen LogP contribution in [0.2, 0.25) is 5.02 Å². The van der Waals surface area contributed by atoms with E-state index in [0.717, 1.165) is 39.7 Å². The number of nitrogens with zero attached hydrogens (tertiary/aromatic N) is 4. The van der Waals surface area contributed by atoms with E-state index in [1.165, 1.54) is 0 Å². The standard InChI is InChI=1S/C29H30ClN5O2S/c1-18-10-12-32-26(15-18)34-19(2)16-22(20(34)3)28-27(24-7-5-6-11-31-24)33-29(38)35(28)21-8-9-25(23(30)17-21)37-14-13-36-4/h5-12,15-17,27-28H,13-14H2,1-4H3,(H,33,38). The molecule has 9 heteroatoms. The Morgan fingerprint density at radius 1 is 1.00 bits per heavy atom. The number of nitrogens with one attached hydrogen (secondary N) is 1. The van der Waals surface area contributed by atoms with E-state index >= 15 is 0 Å². The number of pyridine rings is 2. The largest absolute Gasteiger partial charge is 0.490 e. The molecule has 1 aromatic carbocycles. The molecular weight excluding hydrogens is 518 g/mol. The molecule has 1 aliphatic heterocycles. The molecule has 5 rings (SSSR count). The summed E-state index contributed by atoms with van der Waals surface area (Å²) in [5, 5.41) is 4.64. The molecule has 38 heavy (non-hydrogen) atoms. The van der Waals surface area contributed by atoms with Crippen LogP contribution in [-0.4, -0.2) is 40.0 Å². The van der Waals surface area contributed by atoms with Crippen molar-refractivity contribution in [3.63, 3.8) is 0 Å². The molecule has 0 aliphatic carbocycles. The molecule has 0 saturated carbocycles. The summed E-state index contributed by atoms with van der Waals surface area (Å²) in [6.45, 7) is 7.20. The van der Waals surface area contributed by atoms with Crippen LogP contribution in [0.4, 0.5) is 5.69 Å². The van der Waals surface area contributed by atoms with Gasteiger partial charge >= 0.3 is 0 Å². The molecule has 0 bridgehead atoms. The van der Waals surface area contributed by atoms with Crippen LogP contribution in [0.3, 0.4) is 0 Å². The first kappa shape index (κ1) is 26.2. The summed E-state index contributed by atoms with van der Waals surface area (Å²) in [7, 11) is 1.64. The first-order valence-electron chi connectivity index (χ1n) is 12.4. The fourth-order valence-corrected chi connectivity index (χ4v) is 5.60. The summed E-state index contributed by atoms with van der Waals surface area (Å²) in [6.07, 6.45) is 3.65. The minimum atomic E-state index is -0.168. The summed E-state index contributed by atoms with van der Waals surface area (Å²) >= 11 is 12.6. The van der Waals surface area contributed by atoms with Gasteiger partial charge < -0.3 is 24.3 Å². The Bertz CT molecular complexity index is 1460. The maximum Gasteiger partial charge on any atom is 0.174 e. The molecule has 2 unspecified atom stereocenters. The minimum Gasteiger partial charge on any atom is -0.490 e. The van der Waals surface area contributed by atoms with E-state index in [0.29, 0.717) is 29.1 Å². The number of rotatable bonds is 8. The summed E-state index contributed by atoms with van der Waals surface area (Å²) in [5.41, 5.74) is 6.25. The predicted molar refractivity (Wildman–Crippen MR) is 155 cm³/mol. The lowest BCUT2D eigenvalue weighted by Crippen LogP contribution is -2.29. The Hall–Kier alpha value is -3.46. The first-order chi connectivity index (χ1) is 18.4. The fourth-order valence-electron chi connectivity index (χ4n) is 5.02. The SMILES string of the molecule is COCCOc1ccc(N2C(=S)NC(c3ccccn3)C2c2cc(C)n(-c3cc(C)ccn3)c2C)cc1Cl. The quantitative estimate of drug-likeness (QED) is 0.213. The number of benzene rings is 1. The molecule has 7 nitrogen and oxygen atoms in total. The van der Waals surface area contributed by atoms with Gasteiger partial charge in [0.15, 0.2) is 5.11 Å². The number of hydrogen-bond acceptors (Lipinski definition) is 5. The molecule has 1 fully saturated rings. The van der Waals surface area contributed by atoms with E-state index in [-0.39, 0.29) is 12.1 Å². The fraction of sp³-hybridized carbons (Fsp3) is 0.276. The van der Waals surface area contributed by atoms with E-state index in [1.807, 2.05) is 54.9 Å². The zero-order valence-electron chi connectivity index (χ0n) is 21.8. The van der Waals surface area contributed by atoms with Gasteiger partial charge in [0.1, 0.15) is 18.2 Å². The van der Waals surface area contributed by atoms with Crippen molar-refractivity contribution in [1.29, 1.82) is 0 Å². The van der Waals surface area contributed by atoms with Gasteiger partial charge in [0.05, 0.1) is 29.4 Å². The number of halogens is 1. The topological polar surface area (TPSA) is 64.4 Å². The Morgan fingerprint density at radius 3 is 2.55 bits per heavy atom. The lowest BCUT2D eigenvalue weighted by atomic mass is 9.96. The highest BCUT2D eigenvalue weighted by Crippen LogP contribution is 2.44. The average molecular weight is 548 g/mol. The molecular formula is C29H30ClN5O2S. The predicted octanol–water partition coefficient (Wildman–Crippen LogP) is 6.05. The van der Waals surface area contributed by atoms with E-state index in [2.05, 4.69) is 57.7 Å². The third-order valence-corrected chi connectivity index (χ3v) is 7.37. The van der Waals surface area contributed by atoms with Crippen molar-refractivity contribution >= 4 is 34.6 Å². The minimum absolute atomic E-state index is 0.167. The van der Waals surface area contributed by atoms with E-state index in [9.17, 15) is 0 Å². The Morgan fingerprint density at radius 2 is 1.84 bits per heavy atom. The summed E-state index contributed by atoms with van der Waals surface area (Å²) in [6, 6.07) is 17.7. The highest BCUT2D eigenvalue weighted by Gasteiger charge is 2.42. The Kier molecular flexibility index (Phi) is 7.65. The number of hydrogen-bond donors (Lipinski definition) is 1. The van der Waals surface area contributed by atoms with Gasteiger partial charge in [-0.25, -0.2) is 4.98 Å². The zero-order valence-corrected chi connectivity index (χ0v) is 23.4. The monoisotopic (exact) mass is 547 g/mol. The van der Waals surface area contributed by atoms with Crippen LogP contribution in [0.25, 0.3) is 5.82 Å². The molecule has 1 saturated heterocycles. The molecule has 1 aliphatic rings. The second-order valence-corrected chi connectivity index (χ2v) is 10.1. The summed E-state index contributed by atoms with van der Waals surface area (Å²) < 4.78 is 13.1. The van der Waals surface area contributed by atoms with Crippen molar-refractivity contribution in [2.45, 2.75) is 32.9 Å². The highest BCUT2D eigenvalue weighted by molar-refractivity contribution is 7.80. The van der Waals surface area contributed by atoms with Crippen molar-refractivity contribution in [3.05, 3.63) is 100 Å². The first-order valence-corrected chi connectivity index (χ1v) is 13.2. The van der Waals surface area contributed by atoms with Crippen LogP contribution in [-0.2, 0) is 4.74 Å². The van der Waals surface area contributed by atoms with Crippen molar-refractivity contribution < 1.29 is 9.47 Å². The highest BCUT2D eigenvalue weighted by atomic mass is 35.5. The average Bonchev–Trinajstić information content (AvgIpc) is 3.40. The van der Waals surface area contributed by atoms with Crippen LogP contribution in [0, 0.1) is 20.8 Å². The van der Waals surface area contributed by atoms with Crippen molar-refractivity contribution in [2.24, 2.45) is 0 Å².